The van der Waals surface area contributed by atoms with Crippen LogP contribution in [0.3, 0.4) is 0 Å². The number of carbonyl (C=O) groups is 3. The summed E-state index contributed by atoms with van der Waals surface area (Å²) in [4.78, 5) is 42.1. The van der Waals surface area contributed by atoms with Crippen molar-refractivity contribution in [2.45, 2.75) is 0 Å². The largest absolute Gasteiger partial charge is 0.495 e. The fourth-order valence-corrected chi connectivity index (χ4v) is 2.67. The fraction of sp³-hybridized carbons (Fsp3) is 0.111. The number of para-hydroxylation sites is 2. The van der Waals surface area contributed by atoms with Crippen molar-refractivity contribution < 1.29 is 19.1 Å². The monoisotopic (exact) mass is 371 g/mol. The molecule has 8 heteroatoms. The lowest BCUT2D eigenvalue weighted by molar-refractivity contribution is -0.131. The zero-order valence-corrected chi connectivity index (χ0v) is 14.4. The molecule has 4 amide bonds. The van der Waals surface area contributed by atoms with Crippen molar-refractivity contribution >= 4 is 47.0 Å². The highest BCUT2D eigenvalue weighted by atomic mass is 35.5. The Bertz CT molecular complexity index is 913. The maximum Gasteiger partial charge on any atom is 0.335 e. The van der Waals surface area contributed by atoms with Crippen LogP contribution in [0, 0.1) is 5.92 Å². The van der Waals surface area contributed by atoms with Crippen molar-refractivity contribution in [2.75, 3.05) is 12.0 Å². The summed E-state index contributed by atoms with van der Waals surface area (Å²) in [6.07, 6.45) is 1.19. The van der Waals surface area contributed by atoms with E-state index in [0.29, 0.717) is 16.5 Å². The molecule has 1 atom stereocenters. The van der Waals surface area contributed by atoms with Crippen LogP contribution in [-0.4, -0.2) is 31.2 Å². The molecule has 0 radical (unpaired) electrons. The van der Waals surface area contributed by atoms with E-state index in [1.165, 1.54) is 13.3 Å². The summed E-state index contributed by atoms with van der Waals surface area (Å²) < 4.78 is 5.19. The number of rotatable bonds is 4. The first-order valence-corrected chi connectivity index (χ1v) is 8.00. The van der Waals surface area contributed by atoms with Crippen molar-refractivity contribution in [3.8, 4) is 5.75 Å². The van der Waals surface area contributed by atoms with Gasteiger partial charge in [0.25, 0.3) is 5.91 Å². The average molecular weight is 372 g/mol. The van der Waals surface area contributed by atoms with Crippen molar-refractivity contribution in [1.82, 2.24) is 5.32 Å². The number of aliphatic imine (C=N–C) groups is 1. The number of amides is 4. The van der Waals surface area contributed by atoms with E-state index in [-0.39, 0.29) is 5.69 Å². The molecule has 1 aliphatic heterocycles. The summed E-state index contributed by atoms with van der Waals surface area (Å²) in [6, 6.07) is 12.3. The van der Waals surface area contributed by atoms with Crippen LogP contribution < -0.4 is 15.0 Å². The second-order valence-corrected chi connectivity index (χ2v) is 5.81. The van der Waals surface area contributed by atoms with Crippen LogP contribution in [0.4, 0.5) is 16.2 Å². The normalized spacial score (nSPS) is 17.5. The van der Waals surface area contributed by atoms with Gasteiger partial charge in [-0.05, 0) is 30.3 Å². The maximum absolute atomic E-state index is 12.8. The molecular weight excluding hydrogens is 358 g/mol. The topological polar surface area (TPSA) is 88.1 Å². The number of ether oxygens (including phenoxy) is 1. The Kier molecular flexibility index (Phi) is 4.99. The third-order valence-corrected chi connectivity index (χ3v) is 3.94. The summed E-state index contributed by atoms with van der Waals surface area (Å²) >= 11 is 5.89. The molecule has 0 unspecified atom stereocenters. The molecule has 2 aromatic carbocycles. The van der Waals surface area contributed by atoms with Crippen LogP contribution >= 0.6 is 11.6 Å². The van der Waals surface area contributed by atoms with Crippen molar-refractivity contribution in [3.63, 3.8) is 0 Å². The molecule has 1 heterocycles. The molecule has 0 spiro atoms. The van der Waals surface area contributed by atoms with Crippen LogP contribution in [0.25, 0.3) is 0 Å². The Hall–Kier alpha value is -3.19. The number of nitrogens with zero attached hydrogens (tertiary/aromatic N) is 2. The van der Waals surface area contributed by atoms with Gasteiger partial charge < -0.3 is 4.74 Å². The zero-order valence-electron chi connectivity index (χ0n) is 13.7. The minimum atomic E-state index is -1.25. The number of hydrogen-bond donors (Lipinski definition) is 1. The van der Waals surface area contributed by atoms with Crippen LogP contribution in [0.1, 0.15) is 0 Å². The highest BCUT2D eigenvalue weighted by Gasteiger charge is 2.41. The summed E-state index contributed by atoms with van der Waals surface area (Å²) in [5, 5.41) is 2.64. The molecule has 1 aliphatic rings. The van der Waals surface area contributed by atoms with Crippen molar-refractivity contribution in [1.29, 1.82) is 0 Å². The van der Waals surface area contributed by atoms with Gasteiger partial charge in [0.15, 0.2) is 5.92 Å². The van der Waals surface area contributed by atoms with E-state index in [9.17, 15) is 14.4 Å². The van der Waals surface area contributed by atoms with E-state index in [4.69, 9.17) is 16.3 Å². The van der Waals surface area contributed by atoms with Gasteiger partial charge in [-0.15, -0.1) is 0 Å². The van der Waals surface area contributed by atoms with Gasteiger partial charge in [0, 0.05) is 11.2 Å². The molecule has 26 heavy (non-hydrogen) atoms. The van der Waals surface area contributed by atoms with Gasteiger partial charge in [0.1, 0.15) is 5.75 Å². The highest BCUT2D eigenvalue weighted by Crippen LogP contribution is 2.30. The van der Waals surface area contributed by atoms with Gasteiger partial charge in [-0.25, -0.2) is 9.69 Å². The molecular formula is C18H14ClN3O4. The molecule has 1 fully saturated rings. The van der Waals surface area contributed by atoms with Crippen molar-refractivity contribution in [3.05, 3.63) is 53.6 Å². The molecule has 1 N–H and O–H groups in total. The average Bonchev–Trinajstić information content (AvgIpc) is 2.61. The van der Waals surface area contributed by atoms with Gasteiger partial charge in [-0.2, -0.15) is 0 Å². The maximum atomic E-state index is 12.8. The van der Waals surface area contributed by atoms with E-state index >= 15 is 0 Å². The van der Waals surface area contributed by atoms with Gasteiger partial charge >= 0.3 is 6.03 Å². The van der Waals surface area contributed by atoms with Gasteiger partial charge in [-0.1, -0.05) is 29.8 Å². The number of halogens is 1. The smallest absolute Gasteiger partial charge is 0.335 e. The number of hydrogen-bond acceptors (Lipinski definition) is 5. The Morgan fingerprint density at radius 1 is 1.15 bits per heavy atom. The summed E-state index contributed by atoms with van der Waals surface area (Å²) in [7, 11) is 1.42. The first-order valence-electron chi connectivity index (χ1n) is 7.63. The number of imide groups is 2. The van der Waals surface area contributed by atoms with Gasteiger partial charge in [0.05, 0.1) is 18.5 Å². The van der Waals surface area contributed by atoms with E-state index in [1.54, 1.807) is 48.5 Å². The number of nitrogens with one attached hydrogen (secondary N) is 1. The first kappa shape index (κ1) is 17.6. The van der Waals surface area contributed by atoms with E-state index < -0.39 is 23.8 Å². The lowest BCUT2D eigenvalue weighted by atomic mass is 10.1. The number of benzene rings is 2. The van der Waals surface area contributed by atoms with Gasteiger partial charge in [0.2, 0.25) is 5.91 Å². The summed E-state index contributed by atoms with van der Waals surface area (Å²) in [5.74, 6) is -2.38. The van der Waals surface area contributed by atoms with E-state index in [0.717, 1.165) is 4.90 Å². The van der Waals surface area contributed by atoms with Crippen LogP contribution in [0.2, 0.25) is 5.02 Å². The minimum absolute atomic E-state index is 0.242. The van der Waals surface area contributed by atoms with E-state index in [2.05, 4.69) is 10.3 Å². The quantitative estimate of drug-likeness (QED) is 0.661. The number of barbiturate groups is 1. The van der Waals surface area contributed by atoms with E-state index in [1.807, 2.05) is 0 Å². The van der Waals surface area contributed by atoms with Crippen molar-refractivity contribution in [2.24, 2.45) is 10.9 Å². The third kappa shape index (κ3) is 3.43. The fourth-order valence-electron chi connectivity index (χ4n) is 2.48. The number of urea groups is 1. The predicted molar refractivity (Wildman–Crippen MR) is 97.1 cm³/mol. The predicted octanol–water partition coefficient (Wildman–Crippen LogP) is 2.95. The summed E-state index contributed by atoms with van der Waals surface area (Å²) in [5.41, 5.74) is 0.727. The molecule has 3 rings (SSSR count). The zero-order chi connectivity index (χ0) is 18.7. The minimum Gasteiger partial charge on any atom is -0.495 e. The molecule has 7 nitrogen and oxygen atoms in total. The molecule has 1 saturated heterocycles. The number of methoxy groups -OCH3 is 1. The Labute approximate surface area is 154 Å². The van der Waals surface area contributed by atoms with Crippen LogP contribution in [-0.2, 0) is 9.59 Å². The molecule has 2 aromatic rings. The molecule has 132 valence electrons. The SMILES string of the molecule is COc1ccccc1N1C(=O)NC(=O)[C@H](C=Nc2cccc(Cl)c2)C1=O. The second kappa shape index (κ2) is 7.37. The molecule has 0 aliphatic carbocycles. The lowest BCUT2D eigenvalue weighted by Crippen LogP contribution is -2.58. The van der Waals surface area contributed by atoms with Crippen LogP contribution in [0.15, 0.2) is 53.5 Å². The second-order valence-electron chi connectivity index (χ2n) is 5.38. The highest BCUT2D eigenvalue weighted by molar-refractivity contribution is 6.33. The third-order valence-electron chi connectivity index (χ3n) is 3.71. The Morgan fingerprint density at radius 2 is 1.92 bits per heavy atom. The number of carbonyl (C=O) groups excluding carboxylic acids is 3. The molecule has 0 bridgehead atoms. The Balaban J connectivity index is 1.93. The molecule has 0 aromatic heterocycles. The summed E-state index contributed by atoms with van der Waals surface area (Å²) in [6.45, 7) is 0. The van der Waals surface area contributed by atoms with Gasteiger partial charge in [-0.3, -0.25) is 19.9 Å². The Morgan fingerprint density at radius 3 is 2.65 bits per heavy atom. The van der Waals surface area contributed by atoms with Crippen LogP contribution in [0.5, 0.6) is 5.75 Å². The first-order chi connectivity index (χ1) is 12.5. The lowest BCUT2D eigenvalue weighted by Gasteiger charge is -2.29. The number of anilines is 1. The standard InChI is InChI=1S/C18H14ClN3O4/c1-26-15-8-3-2-7-14(15)22-17(24)13(16(23)21-18(22)25)10-20-12-6-4-5-11(19)9-12/h2-10,13H,1H3,(H,21,23,25)/t13-/m0/s1. The molecule has 0 saturated carbocycles.